The van der Waals surface area contributed by atoms with Crippen LogP contribution < -0.4 is 19.7 Å². The number of piperazine rings is 1. The van der Waals surface area contributed by atoms with Crippen molar-refractivity contribution in [3.8, 4) is 11.5 Å². The molecule has 1 saturated heterocycles. The topological polar surface area (TPSA) is 75.6 Å². The number of methoxy groups -OCH3 is 2. The van der Waals surface area contributed by atoms with Gasteiger partial charge in [0.25, 0.3) is 0 Å². The molecule has 1 aromatic carbocycles. The first-order valence-corrected chi connectivity index (χ1v) is 11.4. The van der Waals surface area contributed by atoms with Crippen LogP contribution in [0, 0.1) is 0 Å². The normalized spacial score (nSPS) is 14.2. The van der Waals surface area contributed by atoms with Crippen LogP contribution in [0.3, 0.4) is 0 Å². The molecule has 1 aliphatic heterocycles. The number of alkyl halides is 3. The van der Waals surface area contributed by atoms with E-state index in [1.807, 2.05) is 17.0 Å². The second-order valence-electron chi connectivity index (χ2n) is 7.70. The van der Waals surface area contributed by atoms with E-state index in [0.29, 0.717) is 42.8 Å². The van der Waals surface area contributed by atoms with Crippen molar-refractivity contribution in [3.63, 3.8) is 0 Å². The summed E-state index contributed by atoms with van der Waals surface area (Å²) in [7, 11) is 3.15. The molecule has 0 spiro atoms. The van der Waals surface area contributed by atoms with Gasteiger partial charge in [0.05, 0.1) is 42.6 Å². The number of nitrogens with one attached hydrogen (secondary N) is 1. The summed E-state index contributed by atoms with van der Waals surface area (Å²) in [5.74, 6) is 1.97. The number of benzene rings is 1. The lowest BCUT2D eigenvalue weighted by molar-refractivity contribution is -0.137. The smallest absolute Gasteiger partial charge is 0.417 e. The fraction of sp³-hybridized carbons (Fsp3) is 0.364. The first kappa shape index (κ1) is 25.0. The van der Waals surface area contributed by atoms with Gasteiger partial charge in [-0.25, -0.2) is 9.97 Å². The first-order chi connectivity index (χ1) is 16.7. The Morgan fingerprint density at radius 3 is 2.37 bits per heavy atom. The number of nitrogens with zero attached hydrogens (tertiary/aromatic N) is 5. The quantitative estimate of drug-likeness (QED) is 0.498. The standard InChI is InChI=1S/C22H22ClF3N6O2S/c1-33-18-8-14-16(9-19(18)34-2)29-12-30-20(14)31-3-5-32(6-4-31)21(35)28-11-17-15(23)7-13(10-27-17)22(24,25)26/h7-10,12H,3-6,11H2,1-2H3,(H,28,35). The molecule has 0 atom stereocenters. The SMILES string of the molecule is COc1cc2ncnc(N3CCN(C(=S)NCc4ncc(C(F)(F)F)cc4Cl)CC3)c2cc1OC. The third kappa shape index (κ3) is 5.43. The molecule has 4 rings (SSSR count). The van der Waals surface area contributed by atoms with Crippen molar-refractivity contribution in [2.45, 2.75) is 12.7 Å². The predicted molar refractivity (Wildman–Crippen MR) is 130 cm³/mol. The maximum absolute atomic E-state index is 12.8. The monoisotopic (exact) mass is 526 g/mol. The van der Waals surface area contributed by atoms with Gasteiger partial charge in [0, 0.05) is 43.8 Å². The molecule has 0 saturated carbocycles. The molecule has 1 aliphatic rings. The Bertz CT molecular complexity index is 1240. The van der Waals surface area contributed by atoms with Crippen LogP contribution in [0.25, 0.3) is 10.9 Å². The van der Waals surface area contributed by atoms with E-state index in [0.717, 1.165) is 29.0 Å². The molecule has 186 valence electrons. The molecule has 3 heterocycles. The van der Waals surface area contributed by atoms with Gasteiger partial charge in [0.2, 0.25) is 0 Å². The van der Waals surface area contributed by atoms with Gasteiger partial charge in [-0.1, -0.05) is 11.6 Å². The lowest BCUT2D eigenvalue weighted by atomic mass is 10.2. The second-order valence-corrected chi connectivity index (χ2v) is 8.50. The summed E-state index contributed by atoms with van der Waals surface area (Å²) in [5, 5.41) is 4.29. The Morgan fingerprint density at radius 1 is 1.06 bits per heavy atom. The molecule has 0 amide bonds. The zero-order valence-corrected chi connectivity index (χ0v) is 20.5. The fourth-order valence-corrected chi connectivity index (χ4v) is 4.25. The Morgan fingerprint density at radius 2 is 1.74 bits per heavy atom. The van der Waals surface area contributed by atoms with Crippen LogP contribution >= 0.6 is 23.8 Å². The van der Waals surface area contributed by atoms with Crippen molar-refractivity contribution >= 4 is 45.7 Å². The molecule has 0 radical (unpaired) electrons. The van der Waals surface area contributed by atoms with E-state index in [2.05, 4.69) is 25.2 Å². The summed E-state index contributed by atoms with van der Waals surface area (Å²) in [5.41, 5.74) is 0.143. The highest BCUT2D eigenvalue weighted by Gasteiger charge is 2.31. The van der Waals surface area contributed by atoms with E-state index in [1.165, 1.54) is 6.33 Å². The highest BCUT2D eigenvalue weighted by atomic mass is 35.5. The van der Waals surface area contributed by atoms with Gasteiger partial charge >= 0.3 is 6.18 Å². The van der Waals surface area contributed by atoms with Crippen molar-refractivity contribution in [2.24, 2.45) is 0 Å². The lowest BCUT2D eigenvalue weighted by Crippen LogP contribution is -2.51. The highest BCUT2D eigenvalue weighted by molar-refractivity contribution is 7.80. The number of hydrogen-bond acceptors (Lipinski definition) is 7. The predicted octanol–water partition coefficient (Wildman–Crippen LogP) is 3.91. The molecule has 1 N–H and O–H groups in total. The van der Waals surface area contributed by atoms with Crippen LogP contribution in [-0.4, -0.2) is 65.4 Å². The minimum atomic E-state index is -4.50. The van der Waals surface area contributed by atoms with Crippen molar-refractivity contribution in [1.82, 2.24) is 25.2 Å². The minimum absolute atomic E-state index is 0.0670. The van der Waals surface area contributed by atoms with Gasteiger partial charge < -0.3 is 24.6 Å². The van der Waals surface area contributed by atoms with E-state index >= 15 is 0 Å². The van der Waals surface area contributed by atoms with Gasteiger partial charge in [0.15, 0.2) is 16.6 Å². The van der Waals surface area contributed by atoms with Crippen LogP contribution in [0.5, 0.6) is 11.5 Å². The lowest BCUT2D eigenvalue weighted by Gasteiger charge is -2.37. The first-order valence-electron chi connectivity index (χ1n) is 10.6. The summed E-state index contributed by atoms with van der Waals surface area (Å²) < 4.78 is 49.2. The number of anilines is 1. The van der Waals surface area contributed by atoms with E-state index < -0.39 is 11.7 Å². The van der Waals surface area contributed by atoms with Crippen LogP contribution in [0.4, 0.5) is 19.0 Å². The molecule has 13 heteroatoms. The van der Waals surface area contributed by atoms with Crippen molar-refractivity contribution < 1.29 is 22.6 Å². The zero-order valence-electron chi connectivity index (χ0n) is 18.9. The summed E-state index contributed by atoms with van der Waals surface area (Å²) in [6.07, 6.45) is -2.21. The number of hydrogen-bond donors (Lipinski definition) is 1. The number of halogens is 4. The molecule has 35 heavy (non-hydrogen) atoms. The third-order valence-electron chi connectivity index (χ3n) is 5.64. The Kier molecular flexibility index (Phi) is 7.31. The molecular weight excluding hydrogens is 505 g/mol. The van der Waals surface area contributed by atoms with Gasteiger partial charge in [-0.05, 0) is 24.4 Å². The number of thiocarbonyl (C=S) groups is 1. The van der Waals surface area contributed by atoms with Crippen LogP contribution in [0.1, 0.15) is 11.3 Å². The summed E-state index contributed by atoms with van der Waals surface area (Å²) in [4.78, 5) is 16.8. The minimum Gasteiger partial charge on any atom is -0.493 e. The number of fused-ring (bicyclic) bond motifs is 1. The van der Waals surface area contributed by atoms with E-state index in [4.69, 9.17) is 33.3 Å². The molecule has 8 nitrogen and oxygen atoms in total. The maximum Gasteiger partial charge on any atom is 0.417 e. The third-order valence-corrected chi connectivity index (χ3v) is 6.37. The van der Waals surface area contributed by atoms with Crippen LogP contribution in [0.15, 0.2) is 30.7 Å². The van der Waals surface area contributed by atoms with Gasteiger partial charge in [-0.3, -0.25) is 4.98 Å². The average Bonchev–Trinajstić information content (AvgIpc) is 2.86. The molecule has 0 unspecified atom stereocenters. The number of aromatic nitrogens is 3. The van der Waals surface area contributed by atoms with Crippen molar-refractivity contribution in [3.05, 3.63) is 47.0 Å². The summed E-state index contributed by atoms with van der Waals surface area (Å²) in [6, 6.07) is 4.54. The van der Waals surface area contributed by atoms with E-state index in [-0.39, 0.29) is 17.3 Å². The number of ether oxygens (including phenoxy) is 2. The molecule has 2 aromatic heterocycles. The largest absolute Gasteiger partial charge is 0.493 e. The molecule has 1 fully saturated rings. The average molecular weight is 527 g/mol. The van der Waals surface area contributed by atoms with Gasteiger partial charge in [-0.2, -0.15) is 13.2 Å². The highest BCUT2D eigenvalue weighted by Crippen LogP contribution is 2.35. The fourth-order valence-electron chi connectivity index (χ4n) is 3.77. The van der Waals surface area contributed by atoms with E-state index in [9.17, 15) is 13.2 Å². The molecular formula is C22H22ClF3N6O2S. The maximum atomic E-state index is 12.8. The van der Waals surface area contributed by atoms with Crippen LogP contribution in [0.2, 0.25) is 5.02 Å². The second kappa shape index (κ2) is 10.2. The van der Waals surface area contributed by atoms with Gasteiger partial charge in [0.1, 0.15) is 12.1 Å². The van der Waals surface area contributed by atoms with Crippen molar-refractivity contribution in [2.75, 3.05) is 45.3 Å². The van der Waals surface area contributed by atoms with E-state index in [1.54, 1.807) is 14.2 Å². The number of rotatable bonds is 5. The number of pyridine rings is 1. The molecule has 0 aliphatic carbocycles. The molecule has 0 bridgehead atoms. The Hall–Kier alpha value is -3.12. The molecule has 3 aromatic rings. The summed E-state index contributed by atoms with van der Waals surface area (Å²) in [6.45, 7) is 2.68. The Labute approximate surface area is 210 Å². The van der Waals surface area contributed by atoms with Crippen LogP contribution in [-0.2, 0) is 12.7 Å². The van der Waals surface area contributed by atoms with Gasteiger partial charge in [-0.15, -0.1) is 0 Å². The summed E-state index contributed by atoms with van der Waals surface area (Å²) >= 11 is 11.5. The zero-order chi connectivity index (χ0) is 25.2. The van der Waals surface area contributed by atoms with Crippen molar-refractivity contribution in [1.29, 1.82) is 0 Å². The Balaban J connectivity index is 1.39.